The normalized spacial score (nSPS) is 26.2. The van der Waals surface area contributed by atoms with Crippen LogP contribution in [-0.2, 0) is 6.42 Å². The predicted octanol–water partition coefficient (Wildman–Crippen LogP) is 3.58. The van der Waals surface area contributed by atoms with Crippen LogP contribution in [0.1, 0.15) is 38.7 Å². The second-order valence-corrected chi connectivity index (χ2v) is 6.84. The lowest BCUT2D eigenvalue weighted by molar-refractivity contribution is 0.162. The molecule has 3 atom stereocenters. The van der Waals surface area contributed by atoms with Crippen molar-refractivity contribution < 1.29 is 0 Å². The van der Waals surface area contributed by atoms with Crippen molar-refractivity contribution >= 4 is 0 Å². The van der Waals surface area contributed by atoms with E-state index in [2.05, 4.69) is 61.4 Å². The molecular weight excluding hydrogens is 256 g/mol. The monoisotopic (exact) mass is 288 g/mol. The second kappa shape index (κ2) is 8.55. The number of rotatable bonds is 7. The van der Waals surface area contributed by atoms with E-state index in [1.807, 2.05) is 0 Å². The Morgan fingerprint density at radius 1 is 1.19 bits per heavy atom. The first kappa shape index (κ1) is 16.5. The van der Waals surface area contributed by atoms with Crippen molar-refractivity contribution in [3.8, 4) is 0 Å². The molecule has 21 heavy (non-hydrogen) atoms. The summed E-state index contributed by atoms with van der Waals surface area (Å²) in [7, 11) is 2.28. The van der Waals surface area contributed by atoms with E-state index in [1.54, 1.807) is 0 Å². The lowest BCUT2D eigenvalue weighted by Gasteiger charge is -2.37. The fourth-order valence-electron chi connectivity index (χ4n) is 3.69. The van der Waals surface area contributed by atoms with Gasteiger partial charge in [0, 0.05) is 19.1 Å². The summed E-state index contributed by atoms with van der Waals surface area (Å²) in [5.74, 6) is 1.71. The summed E-state index contributed by atoms with van der Waals surface area (Å²) >= 11 is 0. The first-order chi connectivity index (χ1) is 10.2. The predicted molar refractivity (Wildman–Crippen MR) is 91.6 cm³/mol. The van der Waals surface area contributed by atoms with Crippen molar-refractivity contribution in [1.82, 2.24) is 10.2 Å². The number of benzene rings is 1. The standard InChI is InChI=1S/C19H32N2/c1-4-20-19-11-10-16(2)14-18(19)15-21(3)13-12-17-8-6-5-7-9-17/h5-9,16,18-20H,4,10-15H2,1-3H3. The van der Waals surface area contributed by atoms with E-state index in [1.165, 1.54) is 31.4 Å². The fraction of sp³-hybridized carbons (Fsp3) is 0.684. The van der Waals surface area contributed by atoms with Crippen LogP contribution in [0, 0.1) is 11.8 Å². The van der Waals surface area contributed by atoms with Crippen molar-refractivity contribution in [2.24, 2.45) is 11.8 Å². The van der Waals surface area contributed by atoms with Gasteiger partial charge in [0.2, 0.25) is 0 Å². The van der Waals surface area contributed by atoms with Crippen LogP contribution in [0.15, 0.2) is 30.3 Å². The summed E-state index contributed by atoms with van der Waals surface area (Å²) in [6, 6.07) is 11.6. The summed E-state index contributed by atoms with van der Waals surface area (Å²) in [4.78, 5) is 2.53. The minimum Gasteiger partial charge on any atom is -0.314 e. The van der Waals surface area contributed by atoms with E-state index in [4.69, 9.17) is 0 Å². The Morgan fingerprint density at radius 2 is 1.95 bits per heavy atom. The minimum atomic E-state index is 0.727. The van der Waals surface area contributed by atoms with Gasteiger partial charge in [0.1, 0.15) is 0 Å². The number of nitrogens with zero attached hydrogens (tertiary/aromatic N) is 1. The van der Waals surface area contributed by atoms with Crippen LogP contribution in [-0.4, -0.2) is 37.6 Å². The first-order valence-electron chi connectivity index (χ1n) is 8.65. The summed E-state index contributed by atoms with van der Waals surface area (Å²) in [5, 5.41) is 3.71. The molecular formula is C19H32N2. The molecule has 1 aliphatic rings. The maximum absolute atomic E-state index is 3.71. The third-order valence-electron chi connectivity index (χ3n) is 4.88. The molecule has 2 heteroatoms. The van der Waals surface area contributed by atoms with E-state index in [0.717, 1.165) is 37.4 Å². The van der Waals surface area contributed by atoms with E-state index in [-0.39, 0.29) is 0 Å². The molecule has 0 aliphatic heterocycles. The molecule has 0 aromatic heterocycles. The highest BCUT2D eigenvalue weighted by Crippen LogP contribution is 2.29. The molecule has 1 aromatic carbocycles. The van der Waals surface area contributed by atoms with Gasteiger partial charge in [0.15, 0.2) is 0 Å². The second-order valence-electron chi connectivity index (χ2n) is 6.84. The van der Waals surface area contributed by atoms with Crippen LogP contribution >= 0.6 is 0 Å². The lowest BCUT2D eigenvalue weighted by atomic mass is 9.78. The van der Waals surface area contributed by atoms with Gasteiger partial charge in [0.05, 0.1) is 0 Å². The van der Waals surface area contributed by atoms with Crippen LogP contribution < -0.4 is 5.32 Å². The molecule has 3 unspecified atom stereocenters. The van der Waals surface area contributed by atoms with Gasteiger partial charge in [-0.3, -0.25) is 0 Å². The molecule has 118 valence electrons. The number of likely N-dealkylation sites (N-methyl/N-ethyl adjacent to an activating group) is 1. The summed E-state index contributed by atoms with van der Waals surface area (Å²) in [6.45, 7) is 8.14. The molecule has 2 rings (SSSR count). The van der Waals surface area contributed by atoms with E-state index >= 15 is 0 Å². The molecule has 1 saturated carbocycles. The zero-order chi connectivity index (χ0) is 15.1. The van der Waals surface area contributed by atoms with E-state index in [0.29, 0.717) is 0 Å². The average molecular weight is 288 g/mol. The molecule has 0 bridgehead atoms. The summed E-state index contributed by atoms with van der Waals surface area (Å²) in [6.07, 6.45) is 5.28. The highest BCUT2D eigenvalue weighted by atomic mass is 15.1. The largest absolute Gasteiger partial charge is 0.314 e. The molecule has 1 N–H and O–H groups in total. The van der Waals surface area contributed by atoms with Gasteiger partial charge < -0.3 is 10.2 Å². The van der Waals surface area contributed by atoms with Crippen molar-refractivity contribution in [2.45, 2.75) is 45.6 Å². The zero-order valence-electron chi connectivity index (χ0n) is 14.0. The van der Waals surface area contributed by atoms with Gasteiger partial charge in [-0.25, -0.2) is 0 Å². The van der Waals surface area contributed by atoms with Gasteiger partial charge in [0.25, 0.3) is 0 Å². The summed E-state index contributed by atoms with van der Waals surface area (Å²) in [5.41, 5.74) is 1.45. The summed E-state index contributed by atoms with van der Waals surface area (Å²) < 4.78 is 0. The van der Waals surface area contributed by atoms with E-state index in [9.17, 15) is 0 Å². The van der Waals surface area contributed by atoms with Crippen LogP contribution in [0.25, 0.3) is 0 Å². The maximum atomic E-state index is 3.71. The van der Waals surface area contributed by atoms with Crippen LogP contribution in [0.3, 0.4) is 0 Å². The third kappa shape index (κ3) is 5.44. The number of hydrogen-bond acceptors (Lipinski definition) is 2. The minimum absolute atomic E-state index is 0.727. The smallest absolute Gasteiger partial charge is 0.0108 e. The van der Waals surface area contributed by atoms with E-state index < -0.39 is 0 Å². The van der Waals surface area contributed by atoms with Crippen LogP contribution in [0.4, 0.5) is 0 Å². The molecule has 1 fully saturated rings. The van der Waals surface area contributed by atoms with Gasteiger partial charge >= 0.3 is 0 Å². The van der Waals surface area contributed by atoms with Gasteiger partial charge in [-0.05, 0) is 56.7 Å². The van der Waals surface area contributed by atoms with Crippen molar-refractivity contribution in [2.75, 3.05) is 26.7 Å². The fourth-order valence-corrected chi connectivity index (χ4v) is 3.69. The molecule has 0 amide bonds. The van der Waals surface area contributed by atoms with Gasteiger partial charge in [-0.15, -0.1) is 0 Å². The molecule has 0 heterocycles. The first-order valence-corrected chi connectivity index (χ1v) is 8.65. The van der Waals surface area contributed by atoms with Gasteiger partial charge in [-0.2, -0.15) is 0 Å². The van der Waals surface area contributed by atoms with Crippen LogP contribution in [0.2, 0.25) is 0 Å². The quantitative estimate of drug-likeness (QED) is 0.825. The lowest BCUT2D eigenvalue weighted by Crippen LogP contribution is -2.45. The topological polar surface area (TPSA) is 15.3 Å². The van der Waals surface area contributed by atoms with Crippen molar-refractivity contribution in [3.63, 3.8) is 0 Å². The Hall–Kier alpha value is -0.860. The Morgan fingerprint density at radius 3 is 2.67 bits per heavy atom. The van der Waals surface area contributed by atoms with Gasteiger partial charge in [-0.1, -0.05) is 44.2 Å². The Kier molecular flexibility index (Phi) is 6.72. The maximum Gasteiger partial charge on any atom is 0.0108 e. The average Bonchev–Trinajstić information content (AvgIpc) is 2.49. The van der Waals surface area contributed by atoms with Crippen LogP contribution in [0.5, 0.6) is 0 Å². The molecule has 1 aliphatic carbocycles. The Bertz CT molecular complexity index is 390. The Balaban J connectivity index is 1.80. The number of hydrogen-bond donors (Lipinski definition) is 1. The zero-order valence-corrected chi connectivity index (χ0v) is 14.0. The van der Waals surface area contributed by atoms with Crippen molar-refractivity contribution in [3.05, 3.63) is 35.9 Å². The highest BCUT2D eigenvalue weighted by Gasteiger charge is 2.28. The SMILES string of the molecule is CCNC1CCC(C)CC1CN(C)CCc1ccccc1. The highest BCUT2D eigenvalue weighted by molar-refractivity contribution is 5.14. The molecule has 2 nitrogen and oxygen atoms in total. The number of nitrogens with one attached hydrogen (secondary N) is 1. The van der Waals surface area contributed by atoms with Crippen molar-refractivity contribution in [1.29, 1.82) is 0 Å². The molecule has 0 spiro atoms. The molecule has 0 saturated heterocycles. The molecule has 0 radical (unpaired) electrons. The third-order valence-corrected chi connectivity index (χ3v) is 4.88. The molecule has 1 aromatic rings. The Labute approximate surface area is 130 Å².